The fourth-order valence-electron chi connectivity index (χ4n) is 1.82. The summed E-state index contributed by atoms with van der Waals surface area (Å²) < 4.78 is 0. The van der Waals surface area contributed by atoms with Gasteiger partial charge in [-0.3, -0.25) is 0 Å². The highest BCUT2D eigenvalue weighted by molar-refractivity contribution is 5.47. The van der Waals surface area contributed by atoms with Crippen molar-refractivity contribution in [2.45, 2.75) is 38.5 Å². The van der Waals surface area contributed by atoms with E-state index in [2.05, 4.69) is 30.8 Å². The maximum absolute atomic E-state index is 5.45. The number of unbranched alkanes of at least 4 members (excludes halogenated alkanes) is 4. The molecule has 1 heteroatoms. The van der Waals surface area contributed by atoms with Gasteiger partial charge in [0.1, 0.15) is 0 Å². The molecular formula is C15H23N. The molecule has 0 spiro atoms. The van der Waals surface area contributed by atoms with Crippen molar-refractivity contribution in [3.05, 3.63) is 42.0 Å². The molecule has 1 nitrogen and oxygen atoms in total. The van der Waals surface area contributed by atoms with E-state index in [1.54, 1.807) is 0 Å². The zero-order valence-corrected chi connectivity index (χ0v) is 10.1. The van der Waals surface area contributed by atoms with Crippen molar-refractivity contribution in [3.8, 4) is 0 Å². The molecule has 0 aromatic heterocycles. The van der Waals surface area contributed by atoms with Crippen molar-refractivity contribution in [1.29, 1.82) is 0 Å². The summed E-state index contributed by atoms with van der Waals surface area (Å²) in [6.45, 7) is 4.59. The molecule has 1 aromatic carbocycles. The Morgan fingerprint density at radius 3 is 2.19 bits per heavy atom. The minimum atomic E-state index is 0.836. The van der Waals surface area contributed by atoms with E-state index in [0.29, 0.717) is 0 Å². The number of benzene rings is 1. The second-order valence-corrected chi connectivity index (χ2v) is 4.25. The number of hydrogen-bond acceptors (Lipinski definition) is 1. The highest BCUT2D eigenvalue weighted by Gasteiger charge is 1.94. The lowest BCUT2D eigenvalue weighted by atomic mass is 10.0. The van der Waals surface area contributed by atoms with Crippen LogP contribution in [0.15, 0.2) is 30.8 Å². The zero-order chi connectivity index (χ0) is 11.6. The lowest BCUT2D eigenvalue weighted by Gasteiger charge is -2.02. The minimum Gasteiger partial charge on any atom is -0.330 e. The molecule has 0 amide bonds. The van der Waals surface area contributed by atoms with Crippen LogP contribution in [-0.4, -0.2) is 6.54 Å². The van der Waals surface area contributed by atoms with Gasteiger partial charge in [0, 0.05) is 0 Å². The first kappa shape index (κ1) is 13.0. The quantitative estimate of drug-likeness (QED) is 0.659. The van der Waals surface area contributed by atoms with Crippen LogP contribution in [0.4, 0.5) is 0 Å². The van der Waals surface area contributed by atoms with Gasteiger partial charge < -0.3 is 5.73 Å². The molecule has 1 aromatic rings. The number of nitrogens with two attached hydrogens (primary N) is 1. The van der Waals surface area contributed by atoms with Crippen molar-refractivity contribution in [2.75, 3.05) is 6.54 Å². The van der Waals surface area contributed by atoms with E-state index in [-0.39, 0.29) is 0 Å². The van der Waals surface area contributed by atoms with Crippen LogP contribution in [0.3, 0.4) is 0 Å². The molecule has 0 fully saturated rings. The maximum atomic E-state index is 5.45. The van der Waals surface area contributed by atoms with Gasteiger partial charge in [0.25, 0.3) is 0 Å². The molecule has 0 unspecified atom stereocenters. The van der Waals surface area contributed by atoms with Crippen LogP contribution in [-0.2, 0) is 6.42 Å². The molecule has 0 radical (unpaired) electrons. The fourth-order valence-corrected chi connectivity index (χ4v) is 1.82. The molecule has 88 valence electrons. The predicted molar refractivity (Wildman–Crippen MR) is 72.4 cm³/mol. The summed E-state index contributed by atoms with van der Waals surface area (Å²) >= 11 is 0. The Kier molecular flexibility index (Phi) is 6.59. The highest BCUT2D eigenvalue weighted by atomic mass is 14.5. The highest BCUT2D eigenvalue weighted by Crippen LogP contribution is 2.10. The van der Waals surface area contributed by atoms with Gasteiger partial charge in [-0.1, -0.05) is 56.2 Å². The summed E-state index contributed by atoms with van der Waals surface area (Å²) in [5, 5.41) is 0. The summed E-state index contributed by atoms with van der Waals surface area (Å²) in [6, 6.07) is 8.68. The Morgan fingerprint density at radius 2 is 1.56 bits per heavy atom. The Hall–Kier alpha value is -1.08. The van der Waals surface area contributed by atoms with E-state index in [1.165, 1.54) is 49.7 Å². The third-order valence-corrected chi connectivity index (χ3v) is 2.88. The van der Waals surface area contributed by atoms with Crippen LogP contribution < -0.4 is 5.73 Å². The Balaban J connectivity index is 2.14. The standard InChI is InChI=1S/C15H23N/c1-2-14-9-11-15(12-10-14)8-6-4-3-5-7-13-16/h2,9-12H,1,3-8,13,16H2. The molecule has 0 aliphatic carbocycles. The Bertz CT molecular complexity index is 287. The Morgan fingerprint density at radius 1 is 0.938 bits per heavy atom. The zero-order valence-electron chi connectivity index (χ0n) is 10.1. The minimum absolute atomic E-state index is 0.836. The number of rotatable bonds is 8. The van der Waals surface area contributed by atoms with Crippen molar-refractivity contribution >= 4 is 6.08 Å². The van der Waals surface area contributed by atoms with Crippen LogP contribution in [0.2, 0.25) is 0 Å². The van der Waals surface area contributed by atoms with Gasteiger partial charge in [-0.2, -0.15) is 0 Å². The molecule has 2 N–H and O–H groups in total. The van der Waals surface area contributed by atoms with Gasteiger partial charge >= 0.3 is 0 Å². The second kappa shape index (κ2) is 8.12. The molecule has 1 rings (SSSR count). The molecular weight excluding hydrogens is 194 g/mol. The van der Waals surface area contributed by atoms with Crippen molar-refractivity contribution in [3.63, 3.8) is 0 Å². The SMILES string of the molecule is C=Cc1ccc(CCCCCCCN)cc1. The van der Waals surface area contributed by atoms with Crippen LogP contribution in [0.5, 0.6) is 0 Å². The molecule has 0 bridgehead atoms. The lowest BCUT2D eigenvalue weighted by Crippen LogP contribution is -1.97. The third kappa shape index (κ3) is 5.13. The van der Waals surface area contributed by atoms with E-state index in [1.807, 2.05) is 6.08 Å². The first-order valence-corrected chi connectivity index (χ1v) is 6.28. The van der Waals surface area contributed by atoms with Crippen molar-refractivity contribution < 1.29 is 0 Å². The van der Waals surface area contributed by atoms with Gasteiger partial charge in [0.05, 0.1) is 0 Å². The predicted octanol–water partition coefficient (Wildman–Crippen LogP) is 3.78. The molecule has 0 aliphatic heterocycles. The molecule has 16 heavy (non-hydrogen) atoms. The van der Waals surface area contributed by atoms with Gasteiger partial charge in [-0.25, -0.2) is 0 Å². The van der Waals surface area contributed by atoms with Crippen molar-refractivity contribution in [2.24, 2.45) is 5.73 Å². The fraction of sp³-hybridized carbons (Fsp3) is 0.467. The lowest BCUT2D eigenvalue weighted by molar-refractivity contribution is 0.618. The summed E-state index contributed by atoms with van der Waals surface area (Å²) in [4.78, 5) is 0. The van der Waals surface area contributed by atoms with Crippen LogP contribution >= 0.6 is 0 Å². The smallest absolute Gasteiger partial charge is 0.00773 e. The molecule has 0 aliphatic rings. The van der Waals surface area contributed by atoms with E-state index < -0.39 is 0 Å². The second-order valence-electron chi connectivity index (χ2n) is 4.25. The van der Waals surface area contributed by atoms with Crippen LogP contribution in [0.1, 0.15) is 43.2 Å². The van der Waals surface area contributed by atoms with Gasteiger partial charge in [-0.15, -0.1) is 0 Å². The average molecular weight is 217 g/mol. The Labute approximate surface area is 99.4 Å². The van der Waals surface area contributed by atoms with E-state index in [9.17, 15) is 0 Å². The van der Waals surface area contributed by atoms with Gasteiger partial charge in [-0.05, 0) is 36.9 Å². The third-order valence-electron chi connectivity index (χ3n) is 2.88. The largest absolute Gasteiger partial charge is 0.330 e. The first-order chi connectivity index (χ1) is 7.86. The summed E-state index contributed by atoms with van der Waals surface area (Å²) in [5.41, 5.74) is 8.09. The van der Waals surface area contributed by atoms with Crippen LogP contribution in [0.25, 0.3) is 6.08 Å². The van der Waals surface area contributed by atoms with Crippen LogP contribution in [0, 0.1) is 0 Å². The maximum Gasteiger partial charge on any atom is -0.00773 e. The molecule has 0 saturated carbocycles. The summed E-state index contributed by atoms with van der Waals surface area (Å²) in [6.07, 6.45) is 9.47. The van der Waals surface area contributed by atoms with E-state index in [4.69, 9.17) is 5.73 Å². The first-order valence-electron chi connectivity index (χ1n) is 6.28. The van der Waals surface area contributed by atoms with E-state index >= 15 is 0 Å². The van der Waals surface area contributed by atoms with E-state index in [0.717, 1.165) is 6.54 Å². The average Bonchev–Trinajstić information content (AvgIpc) is 2.34. The van der Waals surface area contributed by atoms with Gasteiger partial charge in [0.2, 0.25) is 0 Å². The number of aryl methyl sites for hydroxylation is 1. The normalized spacial score (nSPS) is 10.3. The summed E-state index contributed by atoms with van der Waals surface area (Å²) in [5.74, 6) is 0. The molecule has 0 atom stereocenters. The monoisotopic (exact) mass is 217 g/mol. The molecule has 0 heterocycles. The van der Waals surface area contributed by atoms with Gasteiger partial charge in [0.15, 0.2) is 0 Å². The topological polar surface area (TPSA) is 26.0 Å². The summed E-state index contributed by atoms with van der Waals surface area (Å²) in [7, 11) is 0. The van der Waals surface area contributed by atoms with Crippen molar-refractivity contribution in [1.82, 2.24) is 0 Å². The number of hydrogen-bond donors (Lipinski definition) is 1. The molecule has 0 saturated heterocycles.